The maximum Gasteiger partial charge on any atom is 0.225 e. The fourth-order valence-electron chi connectivity index (χ4n) is 1.80. The molecule has 1 aliphatic rings. The normalized spacial score (nSPS) is 18.6. The Labute approximate surface area is 85.2 Å². The number of aromatic nitrogens is 2. The van der Waals surface area contributed by atoms with Crippen molar-refractivity contribution in [3.63, 3.8) is 0 Å². The third-order valence-corrected chi connectivity index (χ3v) is 2.85. The monoisotopic (exact) mass is 191 g/mol. The van der Waals surface area contributed by atoms with E-state index in [-0.39, 0.29) is 0 Å². The van der Waals surface area contributed by atoms with Gasteiger partial charge in [-0.3, -0.25) is 0 Å². The predicted octanol–water partition coefficient (Wildman–Crippen LogP) is 2.02. The van der Waals surface area contributed by atoms with Gasteiger partial charge in [0.2, 0.25) is 5.95 Å². The number of hydrogen-bond acceptors (Lipinski definition) is 3. The number of piperidine rings is 1. The van der Waals surface area contributed by atoms with Crippen LogP contribution in [0.5, 0.6) is 0 Å². The number of anilines is 1. The Bertz CT molecular complexity index is 303. The van der Waals surface area contributed by atoms with Crippen molar-refractivity contribution in [1.82, 2.24) is 9.97 Å². The molecule has 0 aromatic carbocycles. The van der Waals surface area contributed by atoms with E-state index in [1.165, 1.54) is 12.8 Å². The molecule has 2 rings (SSSR count). The summed E-state index contributed by atoms with van der Waals surface area (Å²) in [5.74, 6) is 1.76. The fraction of sp³-hybridized carbons (Fsp3) is 0.636. The lowest BCUT2D eigenvalue weighted by Gasteiger charge is -2.30. The summed E-state index contributed by atoms with van der Waals surface area (Å²) in [4.78, 5) is 11.0. The van der Waals surface area contributed by atoms with E-state index in [1.807, 2.05) is 19.2 Å². The number of aryl methyl sites for hydroxylation is 1. The summed E-state index contributed by atoms with van der Waals surface area (Å²) >= 11 is 0. The first-order valence-corrected chi connectivity index (χ1v) is 5.30. The highest BCUT2D eigenvalue weighted by atomic mass is 15.2. The van der Waals surface area contributed by atoms with Crippen molar-refractivity contribution < 1.29 is 0 Å². The highest BCUT2D eigenvalue weighted by Crippen LogP contribution is 2.19. The summed E-state index contributed by atoms with van der Waals surface area (Å²) in [6.07, 6.45) is 4.37. The second-order valence-electron chi connectivity index (χ2n) is 4.17. The van der Waals surface area contributed by atoms with Gasteiger partial charge in [-0.1, -0.05) is 6.92 Å². The lowest BCUT2D eigenvalue weighted by molar-refractivity contribution is 0.434. The van der Waals surface area contributed by atoms with E-state index in [9.17, 15) is 0 Å². The summed E-state index contributed by atoms with van der Waals surface area (Å²) in [5, 5.41) is 0. The molecule has 0 amide bonds. The van der Waals surface area contributed by atoms with Crippen molar-refractivity contribution in [2.24, 2.45) is 5.92 Å². The molecule has 0 unspecified atom stereocenters. The molecule has 1 fully saturated rings. The van der Waals surface area contributed by atoms with Crippen molar-refractivity contribution in [2.75, 3.05) is 18.0 Å². The minimum atomic E-state index is 0.857. The standard InChI is InChI=1S/C11H17N3/c1-9-4-7-14(8-5-9)11-12-6-3-10(2)13-11/h3,6,9H,4-5,7-8H2,1-2H3. The molecule has 2 heterocycles. The van der Waals surface area contributed by atoms with E-state index in [4.69, 9.17) is 0 Å². The molecule has 0 spiro atoms. The average Bonchev–Trinajstić information content (AvgIpc) is 2.19. The average molecular weight is 191 g/mol. The zero-order valence-corrected chi connectivity index (χ0v) is 8.90. The lowest BCUT2D eigenvalue weighted by Crippen LogP contribution is -2.34. The fourth-order valence-corrected chi connectivity index (χ4v) is 1.80. The van der Waals surface area contributed by atoms with Gasteiger partial charge in [-0.2, -0.15) is 0 Å². The summed E-state index contributed by atoms with van der Waals surface area (Å²) in [5.41, 5.74) is 1.05. The molecular weight excluding hydrogens is 174 g/mol. The SMILES string of the molecule is Cc1ccnc(N2CCC(C)CC2)n1. The van der Waals surface area contributed by atoms with Crippen LogP contribution in [-0.4, -0.2) is 23.1 Å². The van der Waals surface area contributed by atoms with Crippen molar-refractivity contribution in [2.45, 2.75) is 26.7 Å². The summed E-state index contributed by atoms with van der Waals surface area (Å²) in [6, 6.07) is 1.94. The van der Waals surface area contributed by atoms with E-state index in [0.29, 0.717) is 0 Å². The van der Waals surface area contributed by atoms with Gasteiger partial charge in [-0.05, 0) is 31.7 Å². The number of rotatable bonds is 1. The van der Waals surface area contributed by atoms with Gasteiger partial charge >= 0.3 is 0 Å². The van der Waals surface area contributed by atoms with Crippen LogP contribution in [0.15, 0.2) is 12.3 Å². The van der Waals surface area contributed by atoms with E-state index in [2.05, 4.69) is 21.8 Å². The van der Waals surface area contributed by atoms with Crippen LogP contribution in [0.25, 0.3) is 0 Å². The first-order chi connectivity index (χ1) is 6.75. The van der Waals surface area contributed by atoms with Crippen LogP contribution in [0.1, 0.15) is 25.5 Å². The quantitative estimate of drug-likeness (QED) is 0.680. The van der Waals surface area contributed by atoms with Crippen LogP contribution in [0.4, 0.5) is 5.95 Å². The van der Waals surface area contributed by atoms with E-state index in [1.54, 1.807) is 0 Å². The predicted molar refractivity (Wildman–Crippen MR) is 57.4 cm³/mol. The highest BCUT2D eigenvalue weighted by molar-refractivity contribution is 5.30. The van der Waals surface area contributed by atoms with Gasteiger partial charge in [-0.25, -0.2) is 9.97 Å². The van der Waals surface area contributed by atoms with Crippen LogP contribution < -0.4 is 4.90 Å². The third kappa shape index (κ3) is 2.03. The molecule has 76 valence electrons. The largest absolute Gasteiger partial charge is 0.341 e. The molecule has 0 atom stereocenters. The topological polar surface area (TPSA) is 29.0 Å². The molecule has 0 saturated carbocycles. The smallest absolute Gasteiger partial charge is 0.225 e. The van der Waals surface area contributed by atoms with Crippen molar-refractivity contribution in [1.29, 1.82) is 0 Å². The van der Waals surface area contributed by atoms with Crippen molar-refractivity contribution in [3.8, 4) is 0 Å². The molecular formula is C11H17N3. The van der Waals surface area contributed by atoms with E-state index < -0.39 is 0 Å². The van der Waals surface area contributed by atoms with Crippen LogP contribution in [0.2, 0.25) is 0 Å². The van der Waals surface area contributed by atoms with Gasteiger partial charge in [0.1, 0.15) is 0 Å². The van der Waals surface area contributed by atoms with E-state index in [0.717, 1.165) is 30.6 Å². The van der Waals surface area contributed by atoms with Gasteiger partial charge in [0, 0.05) is 25.0 Å². The first-order valence-electron chi connectivity index (χ1n) is 5.30. The van der Waals surface area contributed by atoms with Crippen molar-refractivity contribution in [3.05, 3.63) is 18.0 Å². The van der Waals surface area contributed by atoms with Crippen LogP contribution >= 0.6 is 0 Å². The first kappa shape index (κ1) is 9.44. The number of nitrogens with zero attached hydrogens (tertiary/aromatic N) is 3. The molecule has 0 aliphatic carbocycles. The maximum absolute atomic E-state index is 4.44. The summed E-state index contributed by atoms with van der Waals surface area (Å²) < 4.78 is 0. The minimum absolute atomic E-state index is 0.857. The zero-order valence-electron chi connectivity index (χ0n) is 8.90. The van der Waals surface area contributed by atoms with Crippen LogP contribution in [0, 0.1) is 12.8 Å². The van der Waals surface area contributed by atoms with E-state index >= 15 is 0 Å². The Morgan fingerprint density at radius 1 is 1.36 bits per heavy atom. The summed E-state index contributed by atoms with van der Waals surface area (Å²) in [7, 11) is 0. The van der Waals surface area contributed by atoms with Gasteiger partial charge in [0.25, 0.3) is 0 Å². The van der Waals surface area contributed by atoms with Gasteiger partial charge in [-0.15, -0.1) is 0 Å². The van der Waals surface area contributed by atoms with Gasteiger partial charge in [0.05, 0.1) is 0 Å². The molecule has 3 heteroatoms. The van der Waals surface area contributed by atoms with Crippen molar-refractivity contribution >= 4 is 5.95 Å². The Morgan fingerprint density at radius 3 is 2.71 bits per heavy atom. The second-order valence-corrected chi connectivity index (χ2v) is 4.17. The van der Waals surface area contributed by atoms with Crippen LogP contribution in [-0.2, 0) is 0 Å². The minimum Gasteiger partial charge on any atom is -0.341 e. The number of hydrogen-bond donors (Lipinski definition) is 0. The maximum atomic E-state index is 4.44. The molecule has 0 radical (unpaired) electrons. The Kier molecular flexibility index (Phi) is 2.66. The molecule has 1 aromatic heterocycles. The Hall–Kier alpha value is -1.12. The molecule has 3 nitrogen and oxygen atoms in total. The Morgan fingerprint density at radius 2 is 2.07 bits per heavy atom. The molecule has 0 bridgehead atoms. The molecule has 1 aliphatic heterocycles. The van der Waals surface area contributed by atoms with Gasteiger partial charge in [0.15, 0.2) is 0 Å². The molecule has 14 heavy (non-hydrogen) atoms. The Balaban J connectivity index is 2.08. The highest BCUT2D eigenvalue weighted by Gasteiger charge is 2.17. The molecule has 0 N–H and O–H groups in total. The zero-order chi connectivity index (χ0) is 9.97. The van der Waals surface area contributed by atoms with Crippen LogP contribution in [0.3, 0.4) is 0 Å². The van der Waals surface area contributed by atoms with Gasteiger partial charge < -0.3 is 4.90 Å². The third-order valence-electron chi connectivity index (χ3n) is 2.85. The molecule has 1 saturated heterocycles. The summed E-state index contributed by atoms with van der Waals surface area (Å²) in [6.45, 7) is 6.53. The molecule has 1 aromatic rings. The lowest BCUT2D eigenvalue weighted by atomic mass is 10.00. The second kappa shape index (κ2) is 3.95.